The molecular formula is C20H18N4O. The van der Waals surface area contributed by atoms with Gasteiger partial charge in [-0.25, -0.2) is 9.97 Å². The molecule has 0 radical (unpaired) electrons. The van der Waals surface area contributed by atoms with Crippen molar-refractivity contribution in [1.82, 2.24) is 14.4 Å². The number of para-hydroxylation sites is 2. The van der Waals surface area contributed by atoms with Crippen LogP contribution in [-0.2, 0) is 4.74 Å². The normalized spacial score (nSPS) is 15.1. The third-order valence-corrected chi connectivity index (χ3v) is 4.66. The number of hydrogen-bond acceptors (Lipinski definition) is 4. The standard InChI is InChI=1S/C20H18N4O/c1-2-6-15(7-3-1)17-14-19(23-10-12-25-13-11-23)24-18-9-5-4-8-16(18)21-20(24)22-17/h1-9,14H,10-13H2. The van der Waals surface area contributed by atoms with Crippen LogP contribution in [0.1, 0.15) is 0 Å². The smallest absolute Gasteiger partial charge is 0.237 e. The molecule has 124 valence electrons. The number of ether oxygens (including phenoxy) is 1. The molecule has 1 saturated heterocycles. The highest BCUT2D eigenvalue weighted by Crippen LogP contribution is 2.28. The lowest BCUT2D eigenvalue weighted by Crippen LogP contribution is -2.37. The Morgan fingerprint density at radius 1 is 0.840 bits per heavy atom. The van der Waals surface area contributed by atoms with E-state index in [9.17, 15) is 0 Å². The van der Waals surface area contributed by atoms with Crippen LogP contribution in [-0.4, -0.2) is 40.7 Å². The molecule has 2 aromatic heterocycles. The quantitative estimate of drug-likeness (QED) is 0.565. The topological polar surface area (TPSA) is 42.7 Å². The Morgan fingerprint density at radius 2 is 1.60 bits per heavy atom. The van der Waals surface area contributed by atoms with Gasteiger partial charge in [-0.3, -0.25) is 4.40 Å². The van der Waals surface area contributed by atoms with E-state index in [0.29, 0.717) is 0 Å². The van der Waals surface area contributed by atoms with Gasteiger partial charge in [0.15, 0.2) is 0 Å². The van der Waals surface area contributed by atoms with Crippen molar-refractivity contribution in [3.8, 4) is 11.3 Å². The van der Waals surface area contributed by atoms with Gasteiger partial charge in [0, 0.05) is 24.7 Å². The fourth-order valence-electron chi connectivity index (χ4n) is 3.42. The SMILES string of the molecule is c1ccc(-c2cc(N3CCOCC3)n3c(n2)nc2ccccc23)cc1. The Hall–Kier alpha value is -2.92. The fraction of sp³-hybridized carbons (Fsp3) is 0.200. The van der Waals surface area contributed by atoms with Gasteiger partial charge in [0.05, 0.1) is 29.9 Å². The number of nitrogens with zero attached hydrogens (tertiary/aromatic N) is 4. The number of benzene rings is 2. The molecule has 5 heteroatoms. The summed E-state index contributed by atoms with van der Waals surface area (Å²) in [7, 11) is 0. The number of rotatable bonds is 2. The Bertz CT molecular complexity index is 1040. The maximum Gasteiger partial charge on any atom is 0.237 e. The molecule has 0 unspecified atom stereocenters. The van der Waals surface area contributed by atoms with Gasteiger partial charge in [0.25, 0.3) is 0 Å². The number of hydrogen-bond donors (Lipinski definition) is 0. The molecule has 0 bridgehead atoms. The molecule has 0 amide bonds. The molecule has 5 nitrogen and oxygen atoms in total. The minimum Gasteiger partial charge on any atom is -0.378 e. The Kier molecular flexibility index (Phi) is 3.38. The highest BCUT2D eigenvalue weighted by Gasteiger charge is 2.19. The lowest BCUT2D eigenvalue weighted by molar-refractivity contribution is 0.122. The molecule has 0 atom stereocenters. The van der Waals surface area contributed by atoms with Crippen molar-refractivity contribution in [3.63, 3.8) is 0 Å². The second-order valence-corrected chi connectivity index (χ2v) is 6.20. The molecule has 4 aromatic rings. The first-order valence-corrected chi connectivity index (χ1v) is 8.56. The van der Waals surface area contributed by atoms with Crippen LogP contribution in [0.2, 0.25) is 0 Å². The second-order valence-electron chi connectivity index (χ2n) is 6.20. The van der Waals surface area contributed by atoms with Gasteiger partial charge < -0.3 is 9.64 Å². The van der Waals surface area contributed by atoms with E-state index in [-0.39, 0.29) is 0 Å². The highest BCUT2D eigenvalue weighted by atomic mass is 16.5. The largest absolute Gasteiger partial charge is 0.378 e. The Labute approximate surface area is 145 Å². The molecule has 1 aliphatic heterocycles. The zero-order valence-corrected chi connectivity index (χ0v) is 13.8. The van der Waals surface area contributed by atoms with Crippen molar-refractivity contribution < 1.29 is 4.74 Å². The average Bonchev–Trinajstić information content (AvgIpc) is 3.07. The molecule has 0 saturated carbocycles. The zero-order chi connectivity index (χ0) is 16.6. The minimum absolute atomic E-state index is 0.740. The average molecular weight is 330 g/mol. The third-order valence-electron chi connectivity index (χ3n) is 4.66. The first-order chi connectivity index (χ1) is 12.4. The van der Waals surface area contributed by atoms with Crippen molar-refractivity contribution in [3.05, 3.63) is 60.7 Å². The molecule has 2 aromatic carbocycles. The second kappa shape index (κ2) is 5.86. The predicted octanol–water partition coefficient (Wildman–Crippen LogP) is 3.39. The van der Waals surface area contributed by atoms with E-state index in [1.54, 1.807) is 0 Å². The summed E-state index contributed by atoms with van der Waals surface area (Å²) in [6, 6.07) is 20.6. The molecule has 25 heavy (non-hydrogen) atoms. The van der Waals surface area contributed by atoms with E-state index in [0.717, 1.165) is 60.2 Å². The van der Waals surface area contributed by atoms with Crippen LogP contribution in [0, 0.1) is 0 Å². The summed E-state index contributed by atoms with van der Waals surface area (Å²) in [6.45, 7) is 3.24. The van der Waals surface area contributed by atoms with E-state index in [4.69, 9.17) is 14.7 Å². The van der Waals surface area contributed by atoms with Crippen LogP contribution in [0.15, 0.2) is 60.7 Å². The van der Waals surface area contributed by atoms with Gasteiger partial charge in [-0.15, -0.1) is 0 Å². The summed E-state index contributed by atoms with van der Waals surface area (Å²) in [5.74, 6) is 1.87. The van der Waals surface area contributed by atoms with Crippen molar-refractivity contribution in [1.29, 1.82) is 0 Å². The van der Waals surface area contributed by atoms with Gasteiger partial charge in [-0.1, -0.05) is 42.5 Å². The summed E-state index contributed by atoms with van der Waals surface area (Å²) in [4.78, 5) is 11.9. The van der Waals surface area contributed by atoms with Crippen LogP contribution in [0.4, 0.5) is 5.82 Å². The van der Waals surface area contributed by atoms with Crippen molar-refractivity contribution in [2.45, 2.75) is 0 Å². The summed E-state index contributed by atoms with van der Waals surface area (Å²) < 4.78 is 7.69. The molecule has 0 spiro atoms. The lowest BCUT2D eigenvalue weighted by Gasteiger charge is -2.29. The molecule has 0 aliphatic carbocycles. The zero-order valence-electron chi connectivity index (χ0n) is 13.8. The number of fused-ring (bicyclic) bond motifs is 3. The molecule has 1 aliphatic rings. The van der Waals surface area contributed by atoms with E-state index < -0.39 is 0 Å². The van der Waals surface area contributed by atoms with Crippen LogP contribution in [0.25, 0.3) is 28.1 Å². The third kappa shape index (κ3) is 2.44. The predicted molar refractivity (Wildman–Crippen MR) is 99.0 cm³/mol. The van der Waals surface area contributed by atoms with Crippen LogP contribution in [0.3, 0.4) is 0 Å². The van der Waals surface area contributed by atoms with E-state index >= 15 is 0 Å². The number of anilines is 1. The number of imidazole rings is 1. The Morgan fingerprint density at radius 3 is 2.44 bits per heavy atom. The summed E-state index contributed by atoms with van der Waals surface area (Å²) in [5, 5.41) is 0. The van der Waals surface area contributed by atoms with Crippen molar-refractivity contribution in [2.24, 2.45) is 0 Å². The fourth-order valence-corrected chi connectivity index (χ4v) is 3.42. The molecule has 3 heterocycles. The summed E-state index contributed by atoms with van der Waals surface area (Å²) in [5.41, 5.74) is 4.11. The first kappa shape index (κ1) is 14.4. The van der Waals surface area contributed by atoms with Gasteiger partial charge in [0.1, 0.15) is 5.82 Å². The van der Waals surface area contributed by atoms with Gasteiger partial charge >= 0.3 is 0 Å². The maximum atomic E-state index is 5.53. The highest BCUT2D eigenvalue weighted by molar-refractivity contribution is 5.83. The van der Waals surface area contributed by atoms with E-state index in [1.807, 2.05) is 36.4 Å². The molecule has 0 N–H and O–H groups in total. The monoisotopic (exact) mass is 330 g/mol. The lowest BCUT2D eigenvalue weighted by atomic mass is 10.1. The summed E-state index contributed by atoms with van der Waals surface area (Å²) >= 11 is 0. The minimum atomic E-state index is 0.740. The van der Waals surface area contributed by atoms with Crippen molar-refractivity contribution >= 4 is 22.6 Å². The number of aromatic nitrogens is 3. The first-order valence-electron chi connectivity index (χ1n) is 8.56. The van der Waals surface area contributed by atoms with Crippen LogP contribution in [0.5, 0.6) is 0 Å². The number of morpholine rings is 1. The Balaban J connectivity index is 1.80. The van der Waals surface area contributed by atoms with Gasteiger partial charge in [-0.2, -0.15) is 0 Å². The van der Waals surface area contributed by atoms with Gasteiger partial charge in [-0.05, 0) is 12.1 Å². The maximum absolute atomic E-state index is 5.53. The molecular weight excluding hydrogens is 312 g/mol. The molecule has 1 fully saturated rings. The van der Waals surface area contributed by atoms with Gasteiger partial charge in [0.2, 0.25) is 5.78 Å². The molecule has 5 rings (SSSR count). The summed E-state index contributed by atoms with van der Waals surface area (Å²) in [6.07, 6.45) is 0. The van der Waals surface area contributed by atoms with Crippen LogP contribution >= 0.6 is 0 Å². The van der Waals surface area contributed by atoms with E-state index in [2.05, 4.69) is 33.6 Å². The van der Waals surface area contributed by atoms with Crippen LogP contribution < -0.4 is 4.90 Å². The van der Waals surface area contributed by atoms with Crippen molar-refractivity contribution in [2.75, 3.05) is 31.2 Å². The van der Waals surface area contributed by atoms with E-state index in [1.165, 1.54) is 0 Å².